The van der Waals surface area contributed by atoms with Gasteiger partial charge in [-0.05, 0) is 35.9 Å². The molecule has 0 fully saturated rings. The smallest absolute Gasteiger partial charge is 0.146 e. The quantitative estimate of drug-likeness (QED) is 0.516. The molecule has 0 amide bonds. The summed E-state index contributed by atoms with van der Waals surface area (Å²) in [6.07, 6.45) is 1.96. The van der Waals surface area contributed by atoms with E-state index in [2.05, 4.69) is 0 Å². The Morgan fingerprint density at radius 3 is 1.96 bits per heavy atom. The maximum absolute atomic E-state index is 6.06. The van der Waals surface area contributed by atoms with Gasteiger partial charge in [0.15, 0.2) is 0 Å². The summed E-state index contributed by atoms with van der Waals surface area (Å²) in [6.45, 7) is 0.277. The fourth-order valence-electron chi connectivity index (χ4n) is 2.50. The molecule has 0 heterocycles. The molecule has 4 heteroatoms. The van der Waals surface area contributed by atoms with E-state index < -0.39 is 0 Å². The molecule has 0 saturated carbocycles. The molecule has 0 aromatic heterocycles. The van der Waals surface area contributed by atoms with Crippen LogP contribution in [0.5, 0.6) is 23.0 Å². The second kappa shape index (κ2) is 9.34. The van der Waals surface area contributed by atoms with E-state index in [4.69, 9.17) is 18.9 Å². The van der Waals surface area contributed by atoms with Crippen LogP contribution in [0.15, 0.2) is 84.6 Å². The summed E-state index contributed by atoms with van der Waals surface area (Å²) in [6, 6.07) is 24.9. The lowest BCUT2D eigenvalue weighted by atomic mass is 10.2. The summed E-state index contributed by atoms with van der Waals surface area (Å²) in [4.78, 5) is 0. The van der Waals surface area contributed by atoms with E-state index in [1.807, 2.05) is 84.9 Å². The van der Waals surface area contributed by atoms with Crippen LogP contribution in [0.1, 0.15) is 5.56 Å². The van der Waals surface area contributed by atoms with Gasteiger partial charge in [-0.3, -0.25) is 0 Å². The minimum atomic E-state index is 0.277. The molecule has 3 rings (SSSR count). The lowest BCUT2D eigenvalue weighted by Crippen LogP contribution is -2.07. The maximum atomic E-state index is 6.06. The molecule has 0 aliphatic heterocycles. The van der Waals surface area contributed by atoms with Crippen LogP contribution < -0.4 is 18.9 Å². The van der Waals surface area contributed by atoms with Gasteiger partial charge >= 0.3 is 0 Å². The number of methoxy groups -OCH3 is 2. The largest absolute Gasteiger partial charge is 0.497 e. The monoisotopic (exact) mass is 362 g/mol. The molecule has 3 aromatic carbocycles. The SMILES string of the molecule is COc1cccc(OC/C(=C/c2ccccc2)Oc2cccc(OC)c2)c1. The summed E-state index contributed by atoms with van der Waals surface area (Å²) >= 11 is 0. The van der Waals surface area contributed by atoms with E-state index in [-0.39, 0.29) is 6.61 Å². The molecule has 4 nitrogen and oxygen atoms in total. The number of benzene rings is 3. The highest BCUT2D eigenvalue weighted by Gasteiger charge is 2.06. The lowest BCUT2D eigenvalue weighted by molar-refractivity contribution is 0.281. The zero-order valence-electron chi connectivity index (χ0n) is 15.4. The van der Waals surface area contributed by atoms with Gasteiger partial charge in [-0.2, -0.15) is 0 Å². The van der Waals surface area contributed by atoms with Crippen molar-refractivity contribution in [2.45, 2.75) is 0 Å². The van der Waals surface area contributed by atoms with Gasteiger partial charge in [-0.15, -0.1) is 0 Å². The van der Waals surface area contributed by atoms with Crippen LogP contribution in [0.4, 0.5) is 0 Å². The fourth-order valence-corrected chi connectivity index (χ4v) is 2.50. The van der Waals surface area contributed by atoms with E-state index in [1.165, 1.54) is 0 Å². The highest BCUT2D eigenvalue weighted by molar-refractivity contribution is 5.52. The van der Waals surface area contributed by atoms with Crippen molar-refractivity contribution in [2.24, 2.45) is 0 Å². The van der Waals surface area contributed by atoms with E-state index in [1.54, 1.807) is 14.2 Å². The maximum Gasteiger partial charge on any atom is 0.146 e. The minimum absolute atomic E-state index is 0.277. The minimum Gasteiger partial charge on any atom is -0.497 e. The van der Waals surface area contributed by atoms with Crippen LogP contribution in [-0.2, 0) is 0 Å². The van der Waals surface area contributed by atoms with Gasteiger partial charge in [-0.1, -0.05) is 42.5 Å². The van der Waals surface area contributed by atoms with E-state index in [0.29, 0.717) is 17.3 Å². The summed E-state index contributed by atoms with van der Waals surface area (Å²) in [7, 11) is 3.26. The number of hydrogen-bond donors (Lipinski definition) is 0. The van der Waals surface area contributed by atoms with Gasteiger partial charge in [0.05, 0.1) is 14.2 Å². The fraction of sp³-hybridized carbons (Fsp3) is 0.130. The molecule has 0 spiro atoms. The summed E-state index contributed by atoms with van der Waals surface area (Å²) in [5, 5.41) is 0. The summed E-state index contributed by atoms with van der Waals surface area (Å²) < 4.78 is 22.5. The molecule has 0 atom stereocenters. The third-order valence-electron chi connectivity index (χ3n) is 3.84. The molecule has 0 unspecified atom stereocenters. The molecule has 27 heavy (non-hydrogen) atoms. The summed E-state index contributed by atoms with van der Waals surface area (Å²) in [5.41, 5.74) is 1.03. The van der Waals surface area contributed by atoms with Gasteiger partial charge in [0.1, 0.15) is 35.4 Å². The van der Waals surface area contributed by atoms with E-state index in [0.717, 1.165) is 17.1 Å². The average Bonchev–Trinajstić information content (AvgIpc) is 2.73. The Kier molecular flexibility index (Phi) is 6.36. The van der Waals surface area contributed by atoms with Gasteiger partial charge < -0.3 is 18.9 Å². The van der Waals surface area contributed by atoms with Gasteiger partial charge in [-0.25, -0.2) is 0 Å². The number of hydrogen-bond acceptors (Lipinski definition) is 4. The van der Waals surface area contributed by atoms with Gasteiger partial charge in [0, 0.05) is 12.1 Å². The lowest BCUT2D eigenvalue weighted by Gasteiger charge is -2.13. The van der Waals surface area contributed by atoms with Crippen LogP contribution in [-0.4, -0.2) is 20.8 Å². The molecule has 0 aliphatic rings. The highest BCUT2D eigenvalue weighted by atomic mass is 16.5. The average molecular weight is 362 g/mol. The molecular weight excluding hydrogens is 340 g/mol. The second-order valence-electron chi connectivity index (χ2n) is 5.77. The van der Waals surface area contributed by atoms with Crippen LogP contribution >= 0.6 is 0 Å². The molecule has 0 saturated heterocycles. The predicted octanol–water partition coefficient (Wildman–Crippen LogP) is 5.20. The Labute approximate surface area is 159 Å². The van der Waals surface area contributed by atoms with Crippen LogP contribution in [0, 0.1) is 0 Å². The zero-order valence-corrected chi connectivity index (χ0v) is 15.4. The van der Waals surface area contributed by atoms with E-state index >= 15 is 0 Å². The Bertz CT molecular complexity index is 888. The van der Waals surface area contributed by atoms with E-state index in [9.17, 15) is 0 Å². The first kappa shape index (κ1) is 18.4. The molecule has 0 bridgehead atoms. The van der Waals surface area contributed by atoms with Crippen molar-refractivity contribution in [2.75, 3.05) is 20.8 Å². The normalized spacial score (nSPS) is 11.0. The molecule has 0 radical (unpaired) electrons. The summed E-state index contributed by atoms with van der Waals surface area (Å²) in [5.74, 6) is 3.56. The Hall–Kier alpha value is -3.40. The number of ether oxygens (including phenoxy) is 4. The zero-order chi connectivity index (χ0) is 18.9. The van der Waals surface area contributed by atoms with Crippen molar-refractivity contribution < 1.29 is 18.9 Å². The predicted molar refractivity (Wildman–Crippen MR) is 107 cm³/mol. The molecule has 0 N–H and O–H groups in total. The van der Waals surface area contributed by atoms with Crippen LogP contribution in [0.25, 0.3) is 6.08 Å². The molecule has 3 aromatic rings. The molecule has 0 aliphatic carbocycles. The van der Waals surface area contributed by atoms with Crippen molar-refractivity contribution in [3.63, 3.8) is 0 Å². The Morgan fingerprint density at radius 2 is 1.30 bits per heavy atom. The van der Waals surface area contributed by atoms with Crippen LogP contribution in [0.3, 0.4) is 0 Å². The first-order chi connectivity index (χ1) is 13.3. The Balaban J connectivity index is 1.79. The molecular formula is C23H22O4. The van der Waals surface area contributed by atoms with Crippen molar-refractivity contribution >= 4 is 6.08 Å². The third kappa shape index (κ3) is 5.54. The van der Waals surface area contributed by atoms with Crippen molar-refractivity contribution in [3.8, 4) is 23.0 Å². The van der Waals surface area contributed by atoms with Gasteiger partial charge in [0.25, 0.3) is 0 Å². The highest BCUT2D eigenvalue weighted by Crippen LogP contribution is 2.23. The van der Waals surface area contributed by atoms with Gasteiger partial charge in [0.2, 0.25) is 0 Å². The van der Waals surface area contributed by atoms with Crippen molar-refractivity contribution in [3.05, 3.63) is 90.2 Å². The second-order valence-corrected chi connectivity index (χ2v) is 5.77. The van der Waals surface area contributed by atoms with Crippen LogP contribution in [0.2, 0.25) is 0 Å². The first-order valence-electron chi connectivity index (χ1n) is 8.61. The number of rotatable bonds is 8. The van der Waals surface area contributed by atoms with Crippen molar-refractivity contribution in [1.29, 1.82) is 0 Å². The topological polar surface area (TPSA) is 36.9 Å². The third-order valence-corrected chi connectivity index (χ3v) is 3.84. The standard InChI is InChI=1S/C23H22O4/c1-24-19-10-6-12-21(15-19)26-17-23(14-18-8-4-3-5-9-18)27-22-13-7-11-20(16-22)25-2/h3-16H,17H2,1-2H3/b23-14-. The first-order valence-corrected chi connectivity index (χ1v) is 8.61. The van der Waals surface area contributed by atoms with Crippen molar-refractivity contribution in [1.82, 2.24) is 0 Å². The Morgan fingerprint density at radius 1 is 0.704 bits per heavy atom. The molecule has 138 valence electrons.